The molecular formula is C13H24O5. The highest BCUT2D eigenvalue weighted by Gasteiger charge is 2.23. The molecule has 0 amide bonds. The number of carbonyl (C=O) groups is 1. The lowest BCUT2D eigenvalue weighted by Gasteiger charge is -2.25. The zero-order valence-electron chi connectivity index (χ0n) is 11.9. The first-order valence-corrected chi connectivity index (χ1v) is 6.11. The largest absolute Gasteiger partial charge is 0.427 e. The molecule has 1 unspecified atom stereocenters. The summed E-state index contributed by atoms with van der Waals surface area (Å²) in [5.74, 6) is -0.530. The standard InChI is InChI=1S/C13H24O5/c1-7-13(5,6)18-17-11(9-15-8-2)16-12(14)10(3)4/h11H,3,7-9H2,1-2,4-6H3. The third-order valence-electron chi connectivity index (χ3n) is 2.28. The van der Waals surface area contributed by atoms with Crippen LogP contribution >= 0.6 is 0 Å². The second kappa shape index (κ2) is 8.24. The molecule has 0 aliphatic rings. The Morgan fingerprint density at radius 2 is 1.94 bits per heavy atom. The second-order valence-electron chi connectivity index (χ2n) is 4.57. The molecule has 0 aliphatic carbocycles. The summed E-state index contributed by atoms with van der Waals surface area (Å²) in [6, 6.07) is 0. The molecule has 5 nitrogen and oxygen atoms in total. The van der Waals surface area contributed by atoms with Crippen LogP contribution in [0, 0.1) is 0 Å². The molecule has 0 fully saturated rings. The first kappa shape index (κ1) is 17.1. The van der Waals surface area contributed by atoms with Crippen LogP contribution in [0.2, 0.25) is 0 Å². The lowest BCUT2D eigenvalue weighted by atomic mass is 10.1. The third-order valence-corrected chi connectivity index (χ3v) is 2.28. The van der Waals surface area contributed by atoms with E-state index in [1.807, 2.05) is 27.7 Å². The van der Waals surface area contributed by atoms with Crippen LogP contribution < -0.4 is 0 Å². The fraction of sp³-hybridized carbons (Fsp3) is 0.769. The molecule has 0 N–H and O–H groups in total. The van der Waals surface area contributed by atoms with Crippen LogP contribution in [0.5, 0.6) is 0 Å². The summed E-state index contributed by atoms with van der Waals surface area (Å²) in [6.45, 7) is 13.3. The van der Waals surface area contributed by atoms with Crippen LogP contribution in [0.4, 0.5) is 0 Å². The van der Waals surface area contributed by atoms with Crippen LogP contribution in [-0.2, 0) is 24.0 Å². The normalized spacial score (nSPS) is 13.2. The Bertz CT molecular complexity index is 273. The van der Waals surface area contributed by atoms with Gasteiger partial charge < -0.3 is 9.47 Å². The Morgan fingerprint density at radius 1 is 1.33 bits per heavy atom. The zero-order chi connectivity index (χ0) is 14.2. The van der Waals surface area contributed by atoms with Crippen LogP contribution in [0.15, 0.2) is 12.2 Å². The van der Waals surface area contributed by atoms with E-state index in [-0.39, 0.29) is 6.61 Å². The van der Waals surface area contributed by atoms with Gasteiger partial charge in [0.2, 0.25) is 0 Å². The molecule has 0 heterocycles. The van der Waals surface area contributed by atoms with Gasteiger partial charge in [0, 0.05) is 12.2 Å². The Kier molecular flexibility index (Phi) is 7.82. The van der Waals surface area contributed by atoms with Crippen LogP contribution in [0.3, 0.4) is 0 Å². The maximum Gasteiger partial charge on any atom is 0.335 e. The van der Waals surface area contributed by atoms with Gasteiger partial charge in [-0.1, -0.05) is 13.5 Å². The number of carbonyl (C=O) groups excluding carboxylic acids is 1. The van der Waals surface area contributed by atoms with Gasteiger partial charge in [-0.3, -0.25) is 0 Å². The van der Waals surface area contributed by atoms with Gasteiger partial charge in [0.05, 0.1) is 5.60 Å². The van der Waals surface area contributed by atoms with Crippen molar-refractivity contribution in [3.63, 3.8) is 0 Å². The molecule has 0 aliphatic heterocycles. The average molecular weight is 260 g/mol. The van der Waals surface area contributed by atoms with Gasteiger partial charge in [0.15, 0.2) is 0 Å². The number of rotatable bonds is 9. The molecule has 0 aromatic carbocycles. The molecule has 0 bridgehead atoms. The van der Waals surface area contributed by atoms with E-state index in [4.69, 9.17) is 19.2 Å². The maximum atomic E-state index is 11.4. The van der Waals surface area contributed by atoms with Crippen molar-refractivity contribution in [1.82, 2.24) is 0 Å². The van der Waals surface area contributed by atoms with Gasteiger partial charge in [0.25, 0.3) is 6.29 Å². The van der Waals surface area contributed by atoms with Crippen molar-refractivity contribution in [2.45, 2.75) is 52.9 Å². The molecule has 0 aromatic rings. The summed E-state index contributed by atoms with van der Waals surface area (Å²) in [5.41, 5.74) is -0.144. The molecule has 0 spiro atoms. The first-order chi connectivity index (χ1) is 8.32. The minimum Gasteiger partial charge on any atom is -0.427 e. The van der Waals surface area contributed by atoms with Gasteiger partial charge >= 0.3 is 5.97 Å². The monoisotopic (exact) mass is 260 g/mol. The lowest BCUT2D eigenvalue weighted by Crippen LogP contribution is -2.32. The lowest BCUT2D eigenvalue weighted by molar-refractivity contribution is -0.417. The van der Waals surface area contributed by atoms with E-state index < -0.39 is 17.9 Å². The van der Waals surface area contributed by atoms with E-state index in [0.29, 0.717) is 12.2 Å². The molecule has 0 saturated carbocycles. The topological polar surface area (TPSA) is 54.0 Å². The van der Waals surface area contributed by atoms with Crippen LogP contribution in [-0.4, -0.2) is 31.1 Å². The number of esters is 1. The fourth-order valence-corrected chi connectivity index (χ4v) is 0.758. The number of ether oxygens (including phenoxy) is 2. The predicted molar refractivity (Wildman–Crippen MR) is 67.7 cm³/mol. The van der Waals surface area contributed by atoms with E-state index in [9.17, 15) is 4.79 Å². The summed E-state index contributed by atoms with van der Waals surface area (Å²) in [7, 11) is 0. The SMILES string of the molecule is C=C(C)C(=O)OC(COCC)OOC(C)(C)CC. The third kappa shape index (κ3) is 7.42. The van der Waals surface area contributed by atoms with Crippen molar-refractivity contribution in [2.75, 3.05) is 13.2 Å². The minimum absolute atomic E-state index is 0.120. The van der Waals surface area contributed by atoms with Crippen molar-refractivity contribution < 1.29 is 24.0 Å². The smallest absolute Gasteiger partial charge is 0.335 e. The van der Waals surface area contributed by atoms with E-state index >= 15 is 0 Å². The molecule has 0 aromatic heterocycles. The molecule has 1 atom stereocenters. The summed E-state index contributed by atoms with van der Waals surface area (Å²) < 4.78 is 10.2. The highest BCUT2D eigenvalue weighted by atomic mass is 17.2. The quantitative estimate of drug-likeness (QED) is 0.210. The molecule has 5 heteroatoms. The van der Waals surface area contributed by atoms with E-state index in [2.05, 4.69) is 6.58 Å². The first-order valence-electron chi connectivity index (χ1n) is 6.11. The van der Waals surface area contributed by atoms with E-state index in [0.717, 1.165) is 6.42 Å². The van der Waals surface area contributed by atoms with Gasteiger partial charge in [-0.05, 0) is 34.1 Å². The Morgan fingerprint density at radius 3 is 2.39 bits per heavy atom. The molecule has 106 valence electrons. The highest BCUT2D eigenvalue weighted by molar-refractivity contribution is 5.86. The summed E-state index contributed by atoms with van der Waals surface area (Å²) in [5, 5.41) is 0. The van der Waals surface area contributed by atoms with Crippen molar-refractivity contribution in [3.8, 4) is 0 Å². The summed E-state index contributed by atoms with van der Waals surface area (Å²) in [4.78, 5) is 21.7. The molecular weight excluding hydrogens is 236 g/mol. The minimum atomic E-state index is -0.889. The fourth-order valence-electron chi connectivity index (χ4n) is 0.758. The molecule has 0 rings (SSSR count). The molecule has 0 radical (unpaired) electrons. The van der Waals surface area contributed by atoms with Gasteiger partial charge in [-0.15, -0.1) is 0 Å². The van der Waals surface area contributed by atoms with Gasteiger partial charge in [-0.25, -0.2) is 9.68 Å². The number of hydrogen-bond acceptors (Lipinski definition) is 5. The number of hydrogen-bond donors (Lipinski definition) is 0. The highest BCUT2D eigenvalue weighted by Crippen LogP contribution is 2.15. The van der Waals surface area contributed by atoms with Crippen molar-refractivity contribution >= 4 is 5.97 Å². The van der Waals surface area contributed by atoms with Crippen molar-refractivity contribution in [2.24, 2.45) is 0 Å². The predicted octanol–water partition coefficient (Wildman–Crippen LogP) is 2.61. The van der Waals surface area contributed by atoms with Crippen molar-refractivity contribution in [1.29, 1.82) is 0 Å². The van der Waals surface area contributed by atoms with Crippen LogP contribution in [0.1, 0.15) is 41.0 Å². The van der Waals surface area contributed by atoms with Gasteiger partial charge in [-0.2, -0.15) is 4.89 Å². The Hall–Kier alpha value is -0.910. The molecule has 18 heavy (non-hydrogen) atoms. The van der Waals surface area contributed by atoms with Crippen molar-refractivity contribution in [3.05, 3.63) is 12.2 Å². The average Bonchev–Trinajstić information content (AvgIpc) is 2.32. The maximum absolute atomic E-state index is 11.4. The Balaban J connectivity index is 4.31. The van der Waals surface area contributed by atoms with E-state index in [1.165, 1.54) is 0 Å². The second-order valence-corrected chi connectivity index (χ2v) is 4.57. The summed E-state index contributed by atoms with van der Waals surface area (Å²) >= 11 is 0. The van der Waals surface area contributed by atoms with Gasteiger partial charge in [0.1, 0.15) is 6.61 Å². The molecule has 0 saturated heterocycles. The van der Waals surface area contributed by atoms with Crippen LogP contribution in [0.25, 0.3) is 0 Å². The zero-order valence-corrected chi connectivity index (χ0v) is 11.9. The summed E-state index contributed by atoms with van der Waals surface area (Å²) in [6.07, 6.45) is -0.122. The Labute approximate surface area is 109 Å². The van der Waals surface area contributed by atoms with E-state index in [1.54, 1.807) is 6.92 Å².